The lowest BCUT2D eigenvalue weighted by atomic mass is 10.1. The number of nitrogens with zero attached hydrogens (tertiary/aromatic N) is 1. The number of aromatic nitrogens is 1. The zero-order chi connectivity index (χ0) is 9.30. The van der Waals surface area contributed by atoms with E-state index in [-0.39, 0.29) is 0 Å². The van der Waals surface area contributed by atoms with Gasteiger partial charge in [0.25, 0.3) is 0 Å². The van der Waals surface area contributed by atoms with Gasteiger partial charge >= 0.3 is 0 Å². The zero-order valence-electron chi connectivity index (χ0n) is 7.98. The van der Waals surface area contributed by atoms with Gasteiger partial charge in [0.15, 0.2) is 0 Å². The van der Waals surface area contributed by atoms with E-state index in [0.717, 1.165) is 11.3 Å². The molecule has 1 aromatic rings. The molecule has 1 rings (SSSR count). The Bertz CT molecular complexity index is 269. The van der Waals surface area contributed by atoms with Crippen LogP contribution in [0, 0.1) is 13.8 Å². The molecule has 0 aliphatic heterocycles. The van der Waals surface area contributed by atoms with Gasteiger partial charge in [-0.1, -0.05) is 25.4 Å². The van der Waals surface area contributed by atoms with Crippen LogP contribution in [0.5, 0.6) is 0 Å². The molecule has 0 saturated carbocycles. The summed E-state index contributed by atoms with van der Waals surface area (Å²) in [5.74, 6) is 0.446. The third kappa shape index (κ3) is 1.78. The fourth-order valence-electron chi connectivity index (χ4n) is 1.02. The van der Waals surface area contributed by atoms with Crippen molar-refractivity contribution in [2.45, 2.75) is 33.6 Å². The highest BCUT2D eigenvalue weighted by Gasteiger charge is 2.06. The molecule has 1 aromatic heterocycles. The van der Waals surface area contributed by atoms with Crippen LogP contribution in [-0.4, -0.2) is 4.98 Å². The molecular weight excluding hydrogens is 170 g/mol. The average Bonchev–Trinajstić information content (AvgIpc) is 1.99. The molecule has 0 fully saturated rings. The number of halogens is 1. The highest BCUT2D eigenvalue weighted by atomic mass is 35.5. The van der Waals surface area contributed by atoms with Gasteiger partial charge in [0.1, 0.15) is 5.15 Å². The van der Waals surface area contributed by atoms with Gasteiger partial charge in [0.2, 0.25) is 0 Å². The van der Waals surface area contributed by atoms with Crippen molar-refractivity contribution in [3.05, 3.63) is 28.0 Å². The van der Waals surface area contributed by atoms with E-state index in [1.165, 1.54) is 5.56 Å². The van der Waals surface area contributed by atoms with E-state index in [1.54, 1.807) is 0 Å². The van der Waals surface area contributed by atoms with Crippen LogP contribution in [0.2, 0.25) is 5.15 Å². The quantitative estimate of drug-likeness (QED) is 0.608. The second kappa shape index (κ2) is 3.44. The lowest BCUT2D eigenvalue weighted by Gasteiger charge is -2.08. The second-order valence-electron chi connectivity index (χ2n) is 3.43. The van der Waals surface area contributed by atoms with Gasteiger partial charge in [-0.05, 0) is 37.0 Å². The molecular formula is C10H14ClN. The number of hydrogen-bond donors (Lipinski definition) is 0. The number of aryl methyl sites for hydroxylation is 1. The van der Waals surface area contributed by atoms with E-state index < -0.39 is 0 Å². The van der Waals surface area contributed by atoms with Crippen LogP contribution in [0.15, 0.2) is 6.07 Å². The maximum atomic E-state index is 5.95. The van der Waals surface area contributed by atoms with Crippen molar-refractivity contribution in [1.82, 2.24) is 4.98 Å². The molecule has 1 heterocycles. The number of hydrogen-bond acceptors (Lipinski definition) is 1. The van der Waals surface area contributed by atoms with E-state index in [4.69, 9.17) is 11.6 Å². The molecule has 0 saturated heterocycles. The molecule has 0 aromatic carbocycles. The van der Waals surface area contributed by atoms with E-state index >= 15 is 0 Å². The molecule has 0 aliphatic carbocycles. The Morgan fingerprint density at radius 2 is 1.92 bits per heavy atom. The summed E-state index contributed by atoms with van der Waals surface area (Å²) >= 11 is 5.95. The molecule has 0 atom stereocenters. The molecule has 66 valence electrons. The monoisotopic (exact) mass is 183 g/mol. The van der Waals surface area contributed by atoms with Crippen molar-refractivity contribution in [3.63, 3.8) is 0 Å². The predicted molar refractivity (Wildman–Crippen MR) is 52.8 cm³/mol. The summed E-state index contributed by atoms with van der Waals surface area (Å²) in [7, 11) is 0. The lowest BCUT2D eigenvalue weighted by Crippen LogP contribution is -1.96. The van der Waals surface area contributed by atoms with E-state index in [1.807, 2.05) is 6.92 Å². The molecule has 1 nitrogen and oxygen atoms in total. The number of pyridine rings is 1. The van der Waals surface area contributed by atoms with Gasteiger partial charge < -0.3 is 0 Å². The Morgan fingerprint density at radius 1 is 1.33 bits per heavy atom. The van der Waals surface area contributed by atoms with Crippen molar-refractivity contribution in [1.29, 1.82) is 0 Å². The third-order valence-electron chi connectivity index (χ3n) is 2.08. The maximum Gasteiger partial charge on any atom is 0.132 e. The fraction of sp³-hybridized carbons (Fsp3) is 0.500. The molecule has 12 heavy (non-hydrogen) atoms. The fourth-order valence-corrected chi connectivity index (χ4v) is 1.26. The van der Waals surface area contributed by atoms with E-state index in [0.29, 0.717) is 11.1 Å². The smallest absolute Gasteiger partial charge is 0.132 e. The minimum Gasteiger partial charge on any atom is -0.241 e. The SMILES string of the molecule is Cc1cc(C(C)C)nc(Cl)c1C. The summed E-state index contributed by atoms with van der Waals surface area (Å²) in [4.78, 5) is 4.30. The van der Waals surface area contributed by atoms with Gasteiger partial charge in [0.05, 0.1) is 0 Å². The Morgan fingerprint density at radius 3 is 2.33 bits per heavy atom. The Balaban J connectivity index is 3.21. The molecule has 2 heteroatoms. The lowest BCUT2D eigenvalue weighted by molar-refractivity contribution is 0.818. The van der Waals surface area contributed by atoms with Gasteiger partial charge in [-0.15, -0.1) is 0 Å². The summed E-state index contributed by atoms with van der Waals surface area (Å²) in [6.07, 6.45) is 0. The highest BCUT2D eigenvalue weighted by Crippen LogP contribution is 2.21. The van der Waals surface area contributed by atoms with Gasteiger partial charge in [-0.25, -0.2) is 4.98 Å². The van der Waals surface area contributed by atoms with Crippen LogP contribution in [0.3, 0.4) is 0 Å². The first-order chi connectivity index (χ1) is 5.52. The molecule has 0 radical (unpaired) electrons. The minimum absolute atomic E-state index is 0.446. The zero-order valence-corrected chi connectivity index (χ0v) is 8.74. The van der Waals surface area contributed by atoms with Crippen molar-refractivity contribution in [2.24, 2.45) is 0 Å². The molecule has 0 unspecified atom stereocenters. The summed E-state index contributed by atoms with van der Waals surface area (Å²) < 4.78 is 0. The minimum atomic E-state index is 0.446. The van der Waals surface area contributed by atoms with Gasteiger partial charge in [-0.2, -0.15) is 0 Å². The number of rotatable bonds is 1. The summed E-state index contributed by atoms with van der Waals surface area (Å²) in [6.45, 7) is 8.30. The van der Waals surface area contributed by atoms with Crippen molar-refractivity contribution < 1.29 is 0 Å². The van der Waals surface area contributed by atoms with E-state index in [2.05, 4.69) is 31.8 Å². The van der Waals surface area contributed by atoms with Crippen molar-refractivity contribution in [2.75, 3.05) is 0 Å². The molecule has 0 N–H and O–H groups in total. The first-order valence-corrected chi connectivity index (χ1v) is 4.53. The van der Waals surface area contributed by atoms with Crippen LogP contribution >= 0.6 is 11.6 Å². The Kier molecular flexibility index (Phi) is 2.73. The molecule has 0 amide bonds. The third-order valence-corrected chi connectivity index (χ3v) is 2.45. The standard InChI is InChI=1S/C10H14ClN/c1-6(2)9-5-7(3)8(4)10(11)12-9/h5-6H,1-4H3. The highest BCUT2D eigenvalue weighted by molar-refractivity contribution is 6.30. The van der Waals surface area contributed by atoms with Gasteiger partial charge in [0, 0.05) is 5.69 Å². The van der Waals surface area contributed by atoms with E-state index in [9.17, 15) is 0 Å². The Hall–Kier alpha value is -0.560. The predicted octanol–water partition coefficient (Wildman–Crippen LogP) is 3.48. The summed E-state index contributed by atoms with van der Waals surface area (Å²) in [6, 6.07) is 2.10. The normalized spacial score (nSPS) is 10.8. The average molecular weight is 184 g/mol. The topological polar surface area (TPSA) is 12.9 Å². The van der Waals surface area contributed by atoms with Crippen molar-refractivity contribution in [3.8, 4) is 0 Å². The first-order valence-electron chi connectivity index (χ1n) is 4.16. The van der Waals surface area contributed by atoms with Crippen LogP contribution < -0.4 is 0 Å². The summed E-state index contributed by atoms with van der Waals surface area (Å²) in [5.41, 5.74) is 3.38. The van der Waals surface area contributed by atoms with Crippen LogP contribution in [0.25, 0.3) is 0 Å². The largest absolute Gasteiger partial charge is 0.241 e. The summed E-state index contributed by atoms with van der Waals surface area (Å²) in [5, 5.41) is 0.638. The maximum absolute atomic E-state index is 5.95. The Labute approximate surface area is 78.8 Å². The van der Waals surface area contributed by atoms with Crippen molar-refractivity contribution >= 4 is 11.6 Å². The first kappa shape index (κ1) is 9.53. The molecule has 0 aliphatic rings. The van der Waals surface area contributed by atoms with Crippen LogP contribution in [0.1, 0.15) is 36.6 Å². The van der Waals surface area contributed by atoms with Crippen LogP contribution in [0.4, 0.5) is 0 Å². The second-order valence-corrected chi connectivity index (χ2v) is 3.79. The van der Waals surface area contributed by atoms with Crippen LogP contribution in [-0.2, 0) is 0 Å². The molecule has 0 bridgehead atoms. The molecule has 0 spiro atoms. The van der Waals surface area contributed by atoms with Gasteiger partial charge in [-0.3, -0.25) is 0 Å².